The second-order valence-electron chi connectivity index (χ2n) is 10.4. The number of ether oxygens (including phenoxy) is 2. The summed E-state index contributed by atoms with van der Waals surface area (Å²) in [5.41, 5.74) is 1.05. The van der Waals surface area contributed by atoms with Gasteiger partial charge >= 0.3 is 0 Å². The van der Waals surface area contributed by atoms with E-state index in [4.69, 9.17) is 13.9 Å². The van der Waals surface area contributed by atoms with Crippen LogP contribution in [0.4, 0.5) is 0 Å². The van der Waals surface area contributed by atoms with Crippen LogP contribution in [-0.2, 0) is 9.22 Å². The van der Waals surface area contributed by atoms with Gasteiger partial charge in [0.05, 0.1) is 12.1 Å². The maximum Gasteiger partial charge on any atom is 0.220 e. The first-order valence-corrected chi connectivity index (χ1v) is 16.4. The number of rotatable bonds is 13. The highest BCUT2D eigenvalue weighted by Crippen LogP contribution is 2.36. The molecule has 0 aromatic heterocycles. The molecule has 1 aromatic carbocycles. The normalized spacial score (nSPS) is 18.2. The molecule has 1 aromatic rings. The Morgan fingerprint density at radius 1 is 1.06 bits per heavy atom. The Hall–Kier alpha value is -1.57. The van der Waals surface area contributed by atoms with Crippen LogP contribution in [0.15, 0.2) is 18.2 Å². The zero-order chi connectivity index (χ0) is 23.7. The van der Waals surface area contributed by atoms with Crippen LogP contribution >= 0.6 is 0 Å². The van der Waals surface area contributed by atoms with Crippen molar-refractivity contribution in [2.45, 2.75) is 90.1 Å². The molecule has 33 heavy (non-hydrogen) atoms. The van der Waals surface area contributed by atoms with Crippen molar-refractivity contribution in [3.63, 3.8) is 0 Å². The largest absolute Gasteiger partial charge is 0.486 e. The fraction of sp³-hybridized carbons (Fsp3) is 0.731. The van der Waals surface area contributed by atoms with Gasteiger partial charge in [-0.15, -0.1) is 0 Å². The molecule has 2 atom stereocenters. The van der Waals surface area contributed by atoms with Crippen molar-refractivity contribution in [3.05, 3.63) is 23.8 Å². The lowest BCUT2D eigenvalue weighted by Crippen LogP contribution is -2.49. The Morgan fingerprint density at radius 2 is 1.76 bits per heavy atom. The average molecular weight is 477 g/mol. The van der Waals surface area contributed by atoms with Crippen LogP contribution < -0.4 is 14.8 Å². The molecule has 0 spiro atoms. The predicted octanol–water partition coefficient (Wildman–Crippen LogP) is 5.29. The number of benzene rings is 1. The molecule has 2 aliphatic rings. The monoisotopic (exact) mass is 476 g/mol. The highest BCUT2D eigenvalue weighted by Gasteiger charge is 2.33. The van der Waals surface area contributed by atoms with Crippen molar-refractivity contribution in [3.8, 4) is 11.5 Å². The van der Waals surface area contributed by atoms with Crippen molar-refractivity contribution in [1.82, 2.24) is 10.2 Å². The topological polar surface area (TPSA) is 60.0 Å². The molecule has 0 saturated carbocycles. The molecule has 0 bridgehead atoms. The number of carbonyl (C=O) groups excluding carboxylic acids is 1. The third-order valence-corrected chi connectivity index (χ3v) is 7.21. The number of hydrogen-bond donors (Lipinski definition) is 1. The summed E-state index contributed by atoms with van der Waals surface area (Å²) < 4.78 is 18.3. The average Bonchev–Trinajstić information content (AvgIpc) is 3.29. The SMILES string of the molecule is CCCCCCCC(=O)N[C@H](CN1CCCC1)[C@H](O[Si](C)(C)C)c1ccc2c(c1)OCCO2. The molecule has 3 rings (SSSR count). The summed E-state index contributed by atoms with van der Waals surface area (Å²) >= 11 is 0. The number of likely N-dealkylation sites (tertiary alicyclic amines) is 1. The van der Waals surface area contributed by atoms with E-state index in [1.54, 1.807) is 0 Å². The lowest BCUT2D eigenvalue weighted by atomic mass is 10.0. The van der Waals surface area contributed by atoms with E-state index in [1.807, 2.05) is 12.1 Å². The number of carbonyl (C=O) groups is 1. The molecule has 0 aliphatic carbocycles. The van der Waals surface area contributed by atoms with Gasteiger partial charge in [-0.2, -0.15) is 0 Å². The zero-order valence-electron chi connectivity index (χ0n) is 21.2. The van der Waals surface area contributed by atoms with Gasteiger partial charge in [-0.1, -0.05) is 38.7 Å². The fourth-order valence-electron chi connectivity index (χ4n) is 4.63. The van der Waals surface area contributed by atoms with Crippen molar-refractivity contribution < 1.29 is 18.7 Å². The van der Waals surface area contributed by atoms with E-state index in [1.165, 1.54) is 32.1 Å². The lowest BCUT2D eigenvalue weighted by molar-refractivity contribution is -0.122. The second kappa shape index (κ2) is 12.8. The summed E-state index contributed by atoms with van der Waals surface area (Å²) in [6.45, 7) is 13.0. The summed E-state index contributed by atoms with van der Waals surface area (Å²) in [5.74, 6) is 1.69. The molecule has 0 radical (unpaired) electrons. The minimum absolute atomic E-state index is 0.0967. The van der Waals surface area contributed by atoms with E-state index in [0.717, 1.165) is 49.5 Å². The summed E-state index contributed by atoms with van der Waals surface area (Å²) in [7, 11) is -1.89. The number of hydrogen-bond acceptors (Lipinski definition) is 5. The molecule has 1 N–H and O–H groups in total. The van der Waals surface area contributed by atoms with Gasteiger partial charge < -0.3 is 24.1 Å². The van der Waals surface area contributed by atoms with Crippen LogP contribution in [0.1, 0.15) is 70.0 Å². The van der Waals surface area contributed by atoms with Crippen molar-refractivity contribution >= 4 is 14.2 Å². The van der Waals surface area contributed by atoms with Gasteiger partial charge in [-0.3, -0.25) is 4.79 Å². The first-order valence-electron chi connectivity index (χ1n) is 12.9. The van der Waals surface area contributed by atoms with Gasteiger partial charge in [0.2, 0.25) is 5.91 Å². The molecule has 2 aliphatic heterocycles. The predicted molar refractivity (Wildman–Crippen MR) is 136 cm³/mol. The van der Waals surface area contributed by atoms with Crippen LogP contribution in [0.5, 0.6) is 11.5 Å². The number of fused-ring (bicyclic) bond motifs is 1. The minimum Gasteiger partial charge on any atom is -0.486 e. The third-order valence-electron chi connectivity index (χ3n) is 6.25. The molecular formula is C26H44N2O4Si. The highest BCUT2D eigenvalue weighted by molar-refractivity contribution is 6.69. The minimum atomic E-state index is -1.89. The number of amides is 1. The first kappa shape index (κ1) is 26.0. The van der Waals surface area contributed by atoms with Crippen LogP contribution in [0.3, 0.4) is 0 Å². The van der Waals surface area contributed by atoms with Crippen molar-refractivity contribution in [1.29, 1.82) is 0 Å². The Morgan fingerprint density at radius 3 is 2.45 bits per heavy atom. The number of nitrogens with one attached hydrogen (secondary N) is 1. The van der Waals surface area contributed by atoms with Crippen LogP contribution in [-0.4, -0.2) is 58.0 Å². The molecule has 2 heterocycles. The van der Waals surface area contributed by atoms with Crippen LogP contribution in [0, 0.1) is 0 Å². The van der Waals surface area contributed by atoms with Crippen LogP contribution in [0.25, 0.3) is 0 Å². The molecule has 1 fully saturated rings. The second-order valence-corrected chi connectivity index (χ2v) is 14.9. The van der Waals surface area contributed by atoms with Gasteiger partial charge in [0.25, 0.3) is 0 Å². The van der Waals surface area contributed by atoms with Gasteiger partial charge in [-0.05, 0) is 69.7 Å². The Labute approximate surface area is 201 Å². The number of nitrogens with zero attached hydrogens (tertiary/aromatic N) is 1. The quantitative estimate of drug-likeness (QED) is 0.310. The zero-order valence-corrected chi connectivity index (χ0v) is 22.2. The summed E-state index contributed by atoms with van der Waals surface area (Å²) in [6.07, 6.45) is 8.56. The van der Waals surface area contributed by atoms with E-state index in [0.29, 0.717) is 19.6 Å². The van der Waals surface area contributed by atoms with Crippen LogP contribution in [0.2, 0.25) is 19.6 Å². The third kappa shape index (κ3) is 8.61. The van der Waals surface area contributed by atoms with Gasteiger partial charge in [0, 0.05) is 13.0 Å². The van der Waals surface area contributed by atoms with E-state index in [-0.39, 0.29) is 18.1 Å². The maximum absolute atomic E-state index is 13.0. The molecule has 7 heteroatoms. The van der Waals surface area contributed by atoms with Crippen molar-refractivity contribution in [2.75, 3.05) is 32.8 Å². The smallest absolute Gasteiger partial charge is 0.220 e. The van der Waals surface area contributed by atoms with Gasteiger partial charge in [-0.25, -0.2) is 0 Å². The van der Waals surface area contributed by atoms with E-state index >= 15 is 0 Å². The standard InChI is InChI=1S/C26H44N2O4Si/c1-5-6-7-8-9-12-25(29)27-22(20-28-15-10-11-16-28)26(32-33(2,3)4)21-13-14-23-24(19-21)31-18-17-30-23/h13-14,19,22,26H,5-12,15-18,20H2,1-4H3,(H,27,29)/t22-,26-/m1/s1. The molecule has 0 unspecified atom stereocenters. The molecule has 1 amide bonds. The summed E-state index contributed by atoms with van der Waals surface area (Å²) in [5, 5.41) is 3.38. The van der Waals surface area contributed by atoms with Gasteiger partial charge in [0.15, 0.2) is 19.8 Å². The summed E-state index contributed by atoms with van der Waals surface area (Å²) in [4.78, 5) is 15.4. The first-order chi connectivity index (χ1) is 15.9. The summed E-state index contributed by atoms with van der Waals surface area (Å²) in [6, 6.07) is 6.01. The Bertz CT molecular complexity index is 746. The molecule has 186 valence electrons. The fourth-order valence-corrected chi connectivity index (χ4v) is 5.69. The molecule has 6 nitrogen and oxygen atoms in total. The van der Waals surface area contributed by atoms with Crippen molar-refractivity contribution in [2.24, 2.45) is 0 Å². The van der Waals surface area contributed by atoms with Gasteiger partial charge in [0.1, 0.15) is 13.2 Å². The Kier molecular flexibility index (Phi) is 10.1. The number of unbranched alkanes of at least 4 members (excludes halogenated alkanes) is 4. The van der Waals surface area contributed by atoms with E-state index in [2.05, 4.69) is 42.8 Å². The Balaban J connectivity index is 1.78. The molecular weight excluding hydrogens is 432 g/mol. The lowest BCUT2D eigenvalue weighted by Gasteiger charge is -2.36. The van der Waals surface area contributed by atoms with E-state index in [9.17, 15) is 4.79 Å². The van der Waals surface area contributed by atoms with E-state index < -0.39 is 8.32 Å². The highest BCUT2D eigenvalue weighted by atomic mass is 28.4. The maximum atomic E-state index is 13.0. The molecule has 1 saturated heterocycles.